The summed E-state index contributed by atoms with van der Waals surface area (Å²) in [4.78, 5) is 14.0. The second-order valence-electron chi connectivity index (χ2n) is 4.16. The summed E-state index contributed by atoms with van der Waals surface area (Å²) in [5.74, 6) is 1.85. The number of fused-ring (bicyclic) bond motifs is 1. The Hall–Kier alpha value is -1.89. The van der Waals surface area contributed by atoms with Gasteiger partial charge in [-0.2, -0.15) is 0 Å². The second kappa shape index (κ2) is 6.04. The molecule has 0 aliphatic rings. The van der Waals surface area contributed by atoms with E-state index in [1.807, 2.05) is 6.92 Å². The maximum Gasteiger partial charge on any atom is 0.308 e. The summed E-state index contributed by atoms with van der Waals surface area (Å²) in [7, 11) is 3.04. The fourth-order valence-corrected chi connectivity index (χ4v) is 2.88. The molecule has 0 aliphatic heterocycles. The smallest absolute Gasteiger partial charge is 0.308 e. The third-order valence-electron chi connectivity index (χ3n) is 2.88. The van der Waals surface area contributed by atoms with Crippen LogP contribution in [0.4, 0.5) is 5.69 Å². The number of aromatic nitrogens is 1. The van der Waals surface area contributed by atoms with Crippen LogP contribution in [0, 0.1) is 10.1 Å². The van der Waals surface area contributed by atoms with Crippen LogP contribution in [0.3, 0.4) is 0 Å². The predicted octanol–water partition coefficient (Wildman–Crippen LogP) is 3.60. The molecule has 0 aliphatic carbocycles. The number of aromatic amines is 1. The van der Waals surface area contributed by atoms with Crippen molar-refractivity contribution in [1.29, 1.82) is 0 Å². The van der Waals surface area contributed by atoms with E-state index in [0.29, 0.717) is 27.4 Å². The number of thioether (sulfide) groups is 1. The maximum atomic E-state index is 11.3. The van der Waals surface area contributed by atoms with E-state index >= 15 is 0 Å². The minimum Gasteiger partial charge on any atom is -0.493 e. The van der Waals surface area contributed by atoms with Gasteiger partial charge in [0.05, 0.1) is 30.0 Å². The molecule has 0 amide bonds. The summed E-state index contributed by atoms with van der Waals surface area (Å²) in [5.41, 5.74) is 0.771. The Bertz CT molecular complexity index is 639. The van der Waals surface area contributed by atoms with Gasteiger partial charge in [-0.1, -0.05) is 6.92 Å². The number of methoxy groups -OCH3 is 2. The number of nitrogens with zero attached hydrogens (tertiary/aromatic N) is 1. The third-order valence-corrected chi connectivity index (χ3v) is 4.07. The molecule has 7 heteroatoms. The molecular weight excluding hydrogens is 280 g/mol. The van der Waals surface area contributed by atoms with Crippen molar-refractivity contribution < 1.29 is 14.4 Å². The summed E-state index contributed by atoms with van der Waals surface area (Å²) in [6.07, 6.45) is 0.948. The minimum atomic E-state index is -0.358. The second-order valence-corrected chi connectivity index (χ2v) is 5.27. The lowest BCUT2D eigenvalue weighted by atomic mass is 10.2. The van der Waals surface area contributed by atoms with E-state index < -0.39 is 0 Å². The molecule has 0 spiro atoms. The summed E-state index contributed by atoms with van der Waals surface area (Å²) in [6, 6.07) is 3.36. The quantitative estimate of drug-likeness (QED) is 0.500. The largest absolute Gasteiger partial charge is 0.493 e. The first-order valence-corrected chi connectivity index (χ1v) is 7.15. The Morgan fingerprint density at radius 1 is 1.30 bits per heavy atom. The molecular formula is C13H16N2O4S. The van der Waals surface area contributed by atoms with Gasteiger partial charge >= 0.3 is 5.69 Å². The highest BCUT2D eigenvalue weighted by atomic mass is 32.2. The van der Waals surface area contributed by atoms with E-state index in [0.717, 1.165) is 12.2 Å². The molecule has 2 aromatic rings. The topological polar surface area (TPSA) is 77.4 Å². The highest BCUT2D eigenvalue weighted by Gasteiger charge is 2.24. The van der Waals surface area contributed by atoms with Crippen LogP contribution in [0.2, 0.25) is 0 Å². The standard InChI is InChI=1S/C13H16N2O4S/c1-4-5-20-13-12(15(16)17)8-6-10(18-2)11(19-3)7-9(8)14-13/h6-7,14H,4-5H2,1-3H3. The number of nitro groups is 1. The lowest BCUT2D eigenvalue weighted by molar-refractivity contribution is -0.386. The average molecular weight is 296 g/mol. The van der Waals surface area contributed by atoms with Gasteiger partial charge in [-0.25, -0.2) is 0 Å². The van der Waals surface area contributed by atoms with Gasteiger partial charge in [0.25, 0.3) is 0 Å². The molecule has 1 aromatic heterocycles. The van der Waals surface area contributed by atoms with Crippen molar-refractivity contribution >= 4 is 28.4 Å². The van der Waals surface area contributed by atoms with E-state index in [-0.39, 0.29) is 10.6 Å². The first kappa shape index (κ1) is 14.5. The van der Waals surface area contributed by atoms with Crippen LogP contribution >= 0.6 is 11.8 Å². The van der Waals surface area contributed by atoms with Crippen LogP contribution in [0.1, 0.15) is 13.3 Å². The van der Waals surface area contributed by atoms with Gasteiger partial charge in [0, 0.05) is 12.1 Å². The molecule has 6 nitrogen and oxygen atoms in total. The lowest BCUT2D eigenvalue weighted by Gasteiger charge is -2.06. The summed E-state index contributed by atoms with van der Waals surface area (Å²) >= 11 is 1.45. The SMILES string of the molecule is CCCSc1[nH]c2cc(OC)c(OC)cc2c1[N+](=O)[O-]. The molecule has 108 valence electrons. The van der Waals surface area contributed by atoms with Crippen molar-refractivity contribution in [3.8, 4) is 11.5 Å². The van der Waals surface area contributed by atoms with Crippen LogP contribution < -0.4 is 9.47 Å². The van der Waals surface area contributed by atoms with Gasteiger partial charge in [0.2, 0.25) is 0 Å². The molecule has 0 atom stereocenters. The van der Waals surface area contributed by atoms with Crippen molar-refractivity contribution in [2.45, 2.75) is 18.4 Å². The molecule has 1 N–H and O–H groups in total. The Morgan fingerprint density at radius 2 is 1.95 bits per heavy atom. The van der Waals surface area contributed by atoms with E-state index in [4.69, 9.17) is 9.47 Å². The molecule has 0 fully saturated rings. The van der Waals surface area contributed by atoms with E-state index in [9.17, 15) is 10.1 Å². The highest BCUT2D eigenvalue weighted by molar-refractivity contribution is 7.99. The molecule has 2 rings (SSSR count). The van der Waals surface area contributed by atoms with Crippen molar-refractivity contribution in [2.24, 2.45) is 0 Å². The summed E-state index contributed by atoms with van der Waals surface area (Å²) in [5, 5.41) is 12.4. The minimum absolute atomic E-state index is 0.0967. The first-order valence-electron chi connectivity index (χ1n) is 6.17. The van der Waals surface area contributed by atoms with Crippen LogP contribution in [0.5, 0.6) is 11.5 Å². The van der Waals surface area contributed by atoms with Gasteiger partial charge in [0.1, 0.15) is 0 Å². The number of hydrogen-bond acceptors (Lipinski definition) is 5. The summed E-state index contributed by atoms with van der Waals surface area (Å²) < 4.78 is 10.4. The van der Waals surface area contributed by atoms with Gasteiger partial charge in [-0.05, 0) is 12.2 Å². The normalized spacial score (nSPS) is 10.8. The van der Waals surface area contributed by atoms with Crippen LogP contribution in [0.15, 0.2) is 17.2 Å². The molecule has 1 heterocycles. The molecule has 0 saturated carbocycles. The monoisotopic (exact) mass is 296 g/mol. The van der Waals surface area contributed by atoms with Crippen molar-refractivity contribution in [3.63, 3.8) is 0 Å². The van der Waals surface area contributed by atoms with Crippen molar-refractivity contribution in [1.82, 2.24) is 4.98 Å². The average Bonchev–Trinajstić information content (AvgIpc) is 2.80. The Kier molecular flexibility index (Phi) is 4.39. The van der Waals surface area contributed by atoms with Gasteiger partial charge in [0.15, 0.2) is 16.5 Å². The number of benzene rings is 1. The van der Waals surface area contributed by atoms with E-state index in [2.05, 4.69) is 4.98 Å². The molecule has 20 heavy (non-hydrogen) atoms. The zero-order valence-corrected chi connectivity index (χ0v) is 12.4. The fourth-order valence-electron chi connectivity index (χ4n) is 1.97. The molecule has 0 bridgehead atoms. The Morgan fingerprint density at radius 3 is 2.50 bits per heavy atom. The summed E-state index contributed by atoms with van der Waals surface area (Å²) in [6.45, 7) is 2.04. The first-order chi connectivity index (χ1) is 9.62. The number of hydrogen-bond donors (Lipinski definition) is 1. The molecule has 0 radical (unpaired) electrons. The third kappa shape index (κ3) is 2.53. The Labute approximate surface area is 120 Å². The number of ether oxygens (including phenoxy) is 2. The van der Waals surface area contributed by atoms with Crippen LogP contribution in [-0.2, 0) is 0 Å². The zero-order chi connectivity index (χ0) is 14.7. The molecule has 0 unspecified atom stereocenters. The van der Waals surface area contributed by atoms with Gasteiger partial charge < -0.3 is 14.5 Å². The van der Waals surface area contributed by atoms with Crippen LogP contribution in [0.25, 0.3) is 10.9 Å². The van der Waals surface area contributed by atoms with Crippen molar-refractivity contribution in [3.05, 3.63) is 22.2 Å². The van der Waals surface area contributed by atoms with Crippen molar-refractivity contribution in [2.75, 3.05) is 20.0 Å². The van der Waals surface area contributed by atoms with Gasteiger partial charge in [-0.15, -0.1) is 11.8 Å². The zero-order valence-electron chi connectivity index (χ0n) is 11.6. The number of nitrogens with one attached hydrogen (secondary N) is 1. The number of rotatable bonds is 6. The van der Waals surface area contributed by atoms with Crippen LogP contribution in [-0.4, -0.2) is 29.9 Å². The number of H-pyrrole nitrogens is 1. The van der Waals surface area contributed by atoms with E-state index in [1.54, 1.807) is 12.1 Å². The molecule has 1 aromatic carbocycles. The van der Waals surface area contributed by atoms with Gasteiger partial charge in [-0.3, -0.25) is 10.1 Å². The predicted molar refractivity (Wildman–Crippen MR) is 79.1 cm³/mol. The lowest BCUT2D eigenvalue weighted by Crippen LogP contribution is -1.91. The molecule has 0 saturated heterocycles. The highest BCUT2D eigenvalue weighted by Crippen LogP contribution is 2.41. The maximum absolute atomic E-state index is 11.3. The fraction of sp³-hybridized carbons (Fsp3) is 0.385. The van der Waals surface area contributed by atoms with E-state index in [1.165, 1.54) is 26.0 Å². The Balaban J connectivity index is 2.64.